The van der Waals surface area contributed by atoms with Crippen molar-refractivity contribution in [2.45, 2.75) is 12.8 Å². The Bertz CT molecular complexity index is 357. The lowest BCUT2D eigenvalue weighted by molar-refractivity contribution is -0.150. The first kappa shape index (κ1) is 6.86. The van der Waals surface area contributed by atoms with Crippen LogP contribution < -0.4 is 0 Å². The van der Waals surface area contributed by atoms with Gasteiger partial charge in [0.15, 0.2) is 0 Å². The topological polar surface area (TPSA) is 37.3 Å². The van der Waals surface area contributed by atoms with Crippen molar-refractivity contribution in [2.24, 2.45) is 53.3 Å². The van der Waals surface area contributed by atoms with Crippen molar-refractivity contribution >= 4 is 5.97 Å². The third-order valence-electron chi connectivity index (χ3n) is 6.61. The quantitative estimate of drug-likeness (QED) is 0.679. The maximum absolute atomic E-state index is 11.3. The van der Waals surface area contributed by atoms with Gasteiger partial charge >= 0.3 is 5.97 Å². The molecule has 2 heteroatoms. The second-order valence-electron chi connectivity index (χ2n) is 6.30. The maximum Gasteiger partial charge on any atom is 0.307 e. The molecular formula is C12H14O2. The van der Waals surface area contributed by atoms with Crippen molar-refractivity contribution in [3.05, 3.63) is 0 Å². The number of fused-ring (bicyclic) bond motifs is 2. The molecule has 74 valence electrons. The molecule has 9 atom stereocenters. The van der Waals surface area contributed by atoms with Gasteiger partial charge in [0, 0.05) is 0 Å². The Morgan fingerprint density at radius 2 is 1.50 bits per heavy atom. The first-order valence-electron chi connectivity index (χ1n) is 6.02. The van der Waals surface area contributed by atoms with Gasteiger partial charge in [-0.25, -0.2) is 0 Å². The Morgan fingerprint density at radius 3 is 2.21 bits per heavy atom. The number of hydrogen-bond donors (Lipinski definition) is 1. The van der Waals surface area contributed by atoms with E-state index in [0.717, 1.165) is 35.5 Å². The molecule has 0 aromatic heterocycles. The Morgan fingerprint density at radius 1 is 0.857 bits per heavy atom. The molecule has 2 nitrogen and oxygen atoms in total. The molecule has 1 N–H and O–H groups in total. The van der Waals surface area contributed by atoms with Gasteiger partial charge in [-0.05, 0) is 60.2 Å². The van der Waals surface area contributed by atoms with Crippen molar-refractivity contribution in [3.8, 4) is 0 Å². The van der Waals surface area contributed by atoms with Gasteiger partial charge in [0.1, 0.15) is 0 Å². The van der Waals surface area contributed by atoms with E-state index in [1.165, 1.54) is 12.8 Å². The summed E-state index contributed by atoms with van der Waals surface area (Å²) in [5.41, 5.74) is 0. The second kappa shape index (κ2) is 1.66. The smallest absolute Gasteiger partial charge is 0.307 e. The van der Waals surface area contributed by atoms with Crippen LogP contribution in [-0.2, 0) is 4.79 Å². The molecule has 0 amide bonds. The van der Waals surface area contributed by atoms with E-state index < -0.39 is 5.97 Å². The monoisotopic (exact) mass is 190 g/mol. The first-order chi connectivity index (χ1) is 6.79. The van der Waals surface area contributed by atoms with Crippen LogP contribution in [0.2, 0.25) is 0 Å². The van der Waals surface area contributed by atoms with Crippen LogP contribution >= 0.6 is 0 Å². The second-order valence-corrected chi connectivity index (χ2v) is 6.30. The third kappa shape index (κ3) is 0.409. The third-order valence-corrected chi connectivity index (χ3v) is 6.61. The van der Waals surface area contributed by atoms with E-state index in [9.17, 15) is 9.90 Å². The zero-order valence-corrected chi connectivity index (χ0v) is 7.97. The van der Waals surface area contributed by atoms with Gasteiger partial charge in [0.05, 0.1) is 5.92 Å². The molecule has 5 fully saturated rings. The van der Waals surface area contributed by atoms with Crippen molar-refractivity contribution in [2.75, 3.05) is 0 Å². The number of aliphatic carboxylic acids is 1. The highest BCUT2D eigenvalue weighted by atomic mass is 16.4. The van der Waals surface area contributed by atoms with E-state index in [1.807, 2.05) is 0 Å². The molecule has 0 radical (unpaired) electrons. The highest BCUT2D eigenvalue weighted by Gasteiger charge is 2.81. The molecule has 14 heavy (non-hydrogen) atoms. The van der Waals surface area contributed by atoms with Crippen LogP contribution in [0.3, 0.4) is 0 Å². The van der Waals surface area contributed by atoms with E-state index in [1.54, 1.807) is 0 Å². The molecule has 5 rings (SSSR count). The summed E-state index contributed by atoms with van der Waals surface area (Å²) < 4.78 is 0. The molecule has 5 saturated carbocycles. The lowest BCUT2D eigenvalue weighted by Gasteiger charge is -2.46. The summed E-state index contributed by atoms with van der Waals surface area (Å²) in [6, 6.07) is 0. The van der Waals surface area contributed by atoms with Crippen LogP contribution in [0.1, 0.15) is 12.8 Å². The standard InChI is InChI=1S/C12H14O2/c13-12(14)11-8-4-2-5-7-3(4)1-6(8)9(7)10(5)11/h3-11H,1-2H2,(H,13,14)/t3-,4+,5+,6+,7+,8-,9+,10-,11+/m0/s1. The lowest BCUT2D eigenvalue weighted by Crippen LogP contribution is -2.45. The van der Waals surface area contributed by atoms with Crippen molar-refractivity contribution in [1.82, 2.24) is 0 Å². The predicted octanol–water partition coefficient (Wildman–Crippen LogP) is 1.47. The van der Waals surface area contributed by atoms with Gasteiger partial charge in [-0.2, -0.15) is 0 Å². The Hall–Kier alpha value is -0.530. The molecule has 2 bridgehead atoms. The van der Waals surface area contributed by atoms with Gasteiger partial charge in [-0.3, -0.25) is 4.79 Å². The fourth-order valence-corrected chi connectivity index (χ4v) is 6.80. The number of carboxylic acids is 1. The highest BCUT2D eigenvalue weighted by Crippen LogP contribution is 2.84. The Kier molecular flexibility index (Phi) is 0.812. The summed E-state index contributed by atoms with van der Waals surface area (Å²) in [5.74, 6) is 6.22. The molecule has 0 aromatic rings. The van der Waals surface area contributed by atoms with Gasteiger partial charge in [0.25, 0.3) is 0 Å². The van der Waals surface area contributed by atoms with Crippen molar-refractivity contribution in [3.63, 3.8) is 0 Å². The van der Waals surface area contributed by atoms with E-state index in [-0.39, 0.29) is 5.92 Å². The number of rotatable bonds is 1. The zero-order chi connectivity index (χ0) is 9.19. The average Bonchev–Trinajstić information content (AvgIpc) is 2.60. The molecule has 5 aliphatic rings. The summed E-state index contributed by atoms with van der Waals surface area (Å²) in [6.45, 7) is 0. The minimum Gasteiger partial charge on any atom is -0.481 e. The molecule has 0 spiro atoms. The van der Waals surface area contributed by atoms with Crippen LogP contribution in [0.4, 0.5) is 0 Å². The van der Waals surface area contributed by atoms with Gasteiger partial charge in [-0.15, -0.1) is 0 Å². The lowest BCUT2D eigenvalue weighted by atomic mass is 9.57. The van der Waals surface area contributed by atoms with Crippen molar-refractivity contribution in [1.29, 1.82) is 0 Å². The summed E-state index contributed by atoms with van der Waals surface area (Å²) in [5, 5.41) is 9.33. The normalized spacial score (nSPS) is 74.4. The Balaban J connectivity index is 1.75. The van der Waals surface area contributed by atoms with Crippen LogP contribution in [0, 0.1) is 53.3 Å². The minimum absolute atomic E-state index is 0.0810. The van der Waals surface area contributed by atoms with E-state index in [2.05, 4.69) is 0 Å². The van der Waals surface area contributed by atoms with Gasteiger partial charge in [-0.1, -0.05) is 0 Å². The molecule has 0 heterocycles. The average molecular weight is 190 g/mol. The molecule has 0 saturated heterocycles. The number of hydrogen-bond acceptors (Lipinski definition) is 1. The summed E-state index contributed by atoms with van der Waals surface area (Å²) >= 11 is 0. The van der Waals surface area contributed by atoms with Crippen LogP contribution in [0.5, 0.6) is 0 Å². The van der Waals surface area contributed by atoms with E-state index in [0.29, 0.717) is 11.8 Å². The molecule has 0 unspecified atom stereocenters. The zero-order valence-electron chi connectivity index (χ0n) is 7.97. The first-order valence-corrected chi connectivity index (χ1v) is 6.02. The summed E-state index contributed by atoms with van der Waals surface area (Å²) in [6.07, 6.45) is 2.81. The van der Waals surface area contributed by atoms with Crippen LogP contribution in [0.25, 0.3) is 0 Å². The molecular weight excluding hydrogens is 176 g/mol. The number of carbonyl (C=O) groups is 1. The summed E-state index contributed by atoms with van der Waals surface area (Å²) in [7, 11) is 0. The molecule has 0 aliphatic heterocycles. The van der Waals surface area contributed by atoms with Gasteiger partial charge < -0.3 is 5.11 Å². The predicted molar refractivity (Wildman–Crippen MR) is 48.3 cm³/mol. The fourth-order valence-electron chi connectivity index (χ4n) is 6.80. The minimum atomic E-state index is -0.469. The summed E-state index contributed by atoms with van der Waals surface area (Å²) in [4.78, 5) is 11.3. The van der Waals surface area contributed by atoms with Crippen LogP contribution in [-0.4, -0.2) is 11.1 Å². The largest absolute Gasteiger partial charge is 0.481 e. The van der Waals surface area contributed by atoms with Crippen molar-refractivity contribution < 1.29 is 9.90 Å². The SMILES string of the molecule is O=C(O)[C@@H]1[C@H]2[C@@H]3C[C@@H]4[C@H]5[C@H]3C[C@H]2[C@H]5[C@H]41. The highest BCUT2D eigenvalue weighted by molar-refractivity contribution is 5.73. The maximum atomic E-state index is 11.3. The van der Waals surface area contributed by atoms with Crippen LogP contribution in [0.15, 0.2) is 0 Å². The number of carboxylic acid groups (broad SMARTS) is 1. The van der Waals surface area contributed by atoms with E-state index in [4.69, 9.17) is 0 Å². The fraction of sp³-hybridized carbons (Fsp3) is 0.917. The van der Waals surface area contributed by atoms with E-state index >= 15 is 0 Å². The Labute approximate surface area is 82.7 Å². The molecule has 5 aliphatic carbocycles. The van der Waals surface area contributed by atoms with Gasteiger partial charge in [0.2, 0.25) is 0 Å². The molecule has 0 aromatic carbocycles.